The predicted molar refractivity (Wildman–Crippen MR) is 91.5 cm³/mol. The van der Waals surface area contributed by atoms with E-state index in [1.54, 1.807) is 31.5 Å². The van der Waals surface area contributed by atoms with Crippen LogP contribution < -0.4 is 4.74 Å². The highest BCUT2D eigenvalue weighted by atomic mass is 32.2. The summed E-state index contributed by atoms with van der Waals surface area (Å²) in [5, 5.41) is 0. The van der Waals surface area contributed by atoms with E-state index in [-0.39, 0.29) is 49.0 Å². The zero-order valence-corrected chi connectivity index (χ0v) is 15.1. The monoisotopic (exact) mass is 377 g/mol. The van der Waals surface area contributed by atoms with Gasteiger partial charge in [-0.2, -0.15) is 0 Å². The van der Waals surface area contributed by atoms with Gasteiger partial charge in [0.2, 0.25) is 0 Å². The Labute approximate surface area is 151 Å². The molecule has 4 heterocycles. The summed E-state index contributed by atoms with van der Waals surface area (Å²) < 4.78 is 35.2. The second kappa shape index (κ2) is 6.08. The first kappa shape index (κ1) is 17.0. The molecule has 0 bridgehead atoms. The van der Waals surface area contributed by atoms with Crippen molar-refractivity contribution in [2.45, 2.75) is 18.1 Å². The smallest absolute Gasteiger partial charge is 0.316 e. The molecule has 0 aliphatic carbocycles. The minimum absolute atomic E-state index is 0.110. The molecule has 1 spiro atoms. The Bertz CT molecular complexity index is 919. The number of hydrogen-bond donors (Lipinski definition) is 0. The normalized spacial score (nSPS) is 23.0. The van der Waals surface area contributed by atoms with Crippen LogP contribution in [-0.4, -0.2) is 59.4 Å². The van der Waals surface area contributed by atoms with E-state index in [0.29, 0.717) is 6.42 Å². The minimum atomic E-state index is -3.29. The summed E-state index contributed by atoms with van der Waals surface area (Å²) in [6.07, 6.45) is 5.11. The largest absolute Gasteiger partial charge is 0.463 e. The van der Waals surface area contributed by atoms with Crippen LogP contribution in [0.4, 0.5) is 0 Å². The molecule has 0 saturated carbocycles. The lowest BCUT2D eigenvalue weighted by atomic mass is 9.83. The van der Waals surface area contributed by atoms with Gasteiger partial charge in [-0.25, -0.2) is 18.4 Å². The number of carbonyl (C=O) groups is 1. The number of furan rings is 1. The minimum Gasteiger partial charge on any atom is -0.463 e. The Morgan fingerprint density at radius 1 is 1.38 bits per heavy atom. The van der Waals surface area contributed by atoms with E-state index in [9.17, 15) is 13.2 Å². The maximum absolute atomic E-state index is 12.7. The maximum Gasteiger partial charge on any atom is 0.316 e. The number of sulfone groups is 1. The molecule has 2 aromatic rings. The Balaban J connectivity index is 1.48. The molecule has 2 aliphatic heterocycles. The van der Waals surface area contributed by atoms with Crippen LogP contribution in [0.3, 0.4) is 0 Å². The highest BCUT2D eigenvalue weighted by molar-refractivity contribution is 7.93. The molecule has 1 atom stereocenters. The summed E-state index contributed by atoms with van der Waals surface area (Å²) in [4.78, 5) is 22.0. The molecule has 26 heavy (non-hydrogen) atoms. The zero-order valence-electron chi connectivity index (χ0n) is 14.3. The number of hydrogen-bond acceptors (Lipinski definition) is 7. The van der Waals surface area contributed by atoms with Gasteiger partial charge in [-0.15, -0.1) is 0 Å². The van der Waals surface area contributed by atoms with Crippen molar-refractivity contribution in [1.82, 2.24) is 14.9 Å². The first-order valence-corrected chi connectivity index (χ1v) is 10.0. The van der Waals surface area contributed by atoms with Crippen molar-refractivity contribution in [3.8, 4) is 6.01 Å². The Kier molecular flexibility index (Phi) is 3.98. The molecule has 0 aromatic carbocycles. The highest BCUT2D eigenvalue weighted by Gasteiger charge is 2.63. The molecular formula is C17H19N3O5S. The molecule has 2 saturated heterocycles. The summed E-state index contributed by atoms with van der Waals surface area (Å²) in [7, 11) is -3.29. The molecule has 4 rings (SSSR count). The number of ether oxygens (including phenoxy) is 1. The van der Waals surface area contributed by atoms with Gasteiger partial charge in [-0.3, -0.25) is 4.79 Å². The predicted octanol–water partition coefficient (Wildman–Crippen LogP) is 1.09. The van der Waals surface area contributed by atoms with Crippen LogP contribution in [0.1, 0.15) is 22.5 Å². The number of amides is 1. The van der Waals surface area contributed by atoms with Crippen molar-refractivity contribution in [2.75, 3.05) is 25.4 Å². The number of aromatic nitrogens is 2. The number of aryl methyl sites for hydroxylation is 1. The fourth-order valence-electron chi connectivity index (χ4n) is 3.72. The summed E-state index contributed by atoms with van der Waals surface area (Å²) in [5.74, 6) is -0.0940. The Morgan fingerprint density at radius 2 is 2.12 bits per heavy atom. The van der Waals surface area contributed by atoms with E-state index >= 15 is 0 Å². The van der Waals surface area contributed by atoms with Crippen LogP contribution in [0.25, 0.3) is 0 Å². The van der Waals surface area contributed by atoms with Gasteiger partial charge in [0.05, 0.1) is 18.6 Å². The Hall–Kier alpha value is -2.42. The molecule has 2 fully saturated rings. The van der Waals surface area contributed by atoms with E-state index in [4.69, 9.17) is 9.15 Å². The van der Waals surface area contributed by atoms with Crippen molar-refractivity contribution in [2.24, 2.45) is 5.92 Å². The maximum atomic E-state index is 12.7. The number of nitrogens with zero attached hydrogens (tertiary/aromatic N) is 3. The van der Waals surface area contributed by atoms with Crippen molar-refractivity contribution in [3.63, 3.8) is 0 Å². The fraction of sp³-hybridized carbons (Fsp3) is 0.471. The number of carbonyl (C=O) groups excluding carboxylic acids is 1. The summed E-state index contributed by atoms with van der Waals surface area (Å²) in [6, 6.07) is 3.62. The van der Waals surface area contributed by atoms with Crippen LogP contribution in [0, 0.1) is 12.8 Å². The number of likely N-dealkylation sites (tertiary alicyclic amines) is 1. The van der Waals surface area contributed by atoms with Crippen LogP contribution in [0.2, 0.25) is 0 Å². The third kappa shape index (κ3) is 2.57. The lowest BCUT2D eigenvalue weighted by Crippen LogP contribution is -2.69. The highest BCUT2D eigenvalue weighted by Crippen LogP contribution is 2.45. The number of rotatable bonds is 4. The van der Waals surface area contributed by atoms with E-state index < -0.39 is 14.6 Å². The first-order chi connectivity index (χ1) is 12.4. The molecule has 2 aromatic heterocycles. The topological polar surface area (TPSA) is 103 Å². The molecule has 1 unspecified atom stereocenters. The van der Waals surface area contributed by atoms with Crippen molar-refractivity contribution in [3.05, 3.63) is 42.1 Å². The van der Waals surface area contributed by atoms with E-state index in [1.807, 2.05) is 0 Å². The molecule has 0 radical (unpaired) electrons. The van der Waals surface area contributed by atoms with Crippen LogP contribution >= 0.6 is 0 Å². The van der Waals surface area contributed by atoms with Gasteiger partial charge < -0.3 is 14.1 Å². The second-order valence-corrected chi connectivity index (χ2v) is 9.26. The molecule has 138 valence electrons. The quantitative estimate of drug-likeness (QED) is 0.786. The lowest BCUT2D eigenvalue weighted by Gasteiger charge is -2.49. The second-order valence-electron chi connectivity index (χ2n) is 6.81. The Morgan fingerprint density at radius 3 is 2.77 bits per heavy atom. The van der Waals surface area contributed by atoms with Crippen molar-refractivity contribution < 1.29 is 22.4 Å². The van der Waals surface area contributed by atoms with Gasteiger partial charge in [0.25, 0.3) is 5.91 Å². The molecule has 8 nitrogen and oxygen atoms in total. The van der Waals surface area contributed by atoms with Crippen molar-refractivity contribution in [1.29, 1.82) is 0 Å². The van der Waals surface area contributed by atoms with Gasteiger partial charge in [0, 0.05) is 37.0 Å². The van der Waals surface area contributed by atoms with Gasteiger partial charge in [-0.1, -0.05) is 0 Å². The fourth-order valence-corrected chi connectivity index (χ4v) is 6.12. The first-order valence-electron chi connectivity index (χ1n) is 8.38. The average molecular weight is 377 g/mol. The average Bonchev–Trinajstić information content (AvgIpc) is 3.12. The van der Waals surface area contributed by atoms with E-state index in [2.05, 4.69) is 9.97 Å². The summed E-state index contributed by atoms with van der Waals surface area (Å²) >= 11 is 0. The third-order valence-corrected chi connectivity index (χ3v) is 7.92. The molecule has 0 N–H and O–H groups in total. The van der Waals surface area contributed by atoms with Gasteiger partial charge in [0.1, 0.15) is 4.75 Å². The molecular weight excluding hydrogens is 358 g/mol. The van der Waals surface area contributed by atoms with Gasteiger partial charge in [0.15, 0.2) is 15.6 Å². The SMILES string of the molecule is Cc1ccoc1C(=O)N1CC2(C1)C(COc1ncccn1)CCS2(=O)=O. The molecule has 9 heteroatoms. The van der Waals surface area contributed by atoms with Crippen molar-refractivity contribution >= 4 is 15.7 Å². The zero-order chi connectivity index (χ0) is 18.4. The van der Waals surface area contributed by atoms with E-state index in [0.717, 1.165) is 5.56 Å². The van der Waals surface area contributed by atoms with E-state index in [1.165, 1.54) is 11.2 Å². The molecule has 1 amide bonds. The standard InChI is InChI=1S/C17H19N3O5S/c1-12-3-7-24-14(12)15(21)20-10-17(11-20)13(4-8-26(17,22)23)9-25-16-18-5-2-6-19-16/h2-3,5-7,13H,4,8-11H2,1H3. The van der Waals surface area contributed by atoms with Crippen LogP contribution in [-0.2, 0) is 9.84 Å². The van der Waals surface area contributed by atoms with Gasteiger partial charge >= 0.3 is 6.01 Å². The third-order valence-electron chi connectivity index (χ3n) is 5.31. The summed E-state index contributed by atoms with van der Waals surface area (Å²) in [5.41, 5.74) is 0.742. The van der Waals surface area contributed by atoms with Crippen LogP contribution in [0.15, 0.2) is 35.2 Å². The molecule has 2 aliphatic rings. The lowest BCUT2D eigenvalue weighted by molar-refractivity contribution is 0.0374. The van der Waals surface area contributed by atoms with Gasteiger partial charge in [-0.05, 0) is 25.5 Å². The summed E-state index contributed by atoms with van der Waals surface area (Å²) in [6.45, 7) is 2.33. The van der Waals surface area contributed by atoms with Crippen LogP contribution in [0.5, 0.6) is 6.01 Å².